The molecule has 0 unspecified atom stereocenters. The number of carbonyl (C=O) groups excluding carboxylic acids is 1. The molecule has 0 radical (unpaired) electrons. The van der Waals surface area contributed by atoms with Gasteiger partial charge in [0.05, 0.1) is 11.5 Å². The van der Waals surface area contributed by atoms with Crippen molar-refractivity contribution in [1.29, 1.82) is 0 Å². The van der Waals surface area contributed by atoms with Gasteiger partial charge < -0.3 is 9.64 Å². The number of hydrogen-bond donors (Lipinski definition) is 0. The number of sulfonamides is 1. The monoisotopic (exact) mass is 460 g/mol. The Morgan fingerprint density at radius 3 is 2.12 bits per heavy atom. The fourth-order valence-corrected chi connectivity index (χ4v) is 6.14. The van der Waals surface area contributed by atoms with Crippen molar-refractivity contribution in [2.24, 2.45) is 0 Å². The minimum atomic E-state index is -3.83. The topological polar surface area (TPSA) is 66.9 Å². The number of benzene rings is 2. The Hall–Kier alpha value is -2.29. The molecule has 0 atom stereocenters. The molecule has 1 spiro atoms. The number of rotatable bonds is 3. The molecule has 172 valence electrons. The average molecular weight is 461 g/mol. The quantitative estimate of drug-likeness (QED) is 0.699. The molecule has 0 aliphatic carbocycles. The van der Waals surface area contributed by atoms with Gasteiger partial charge in [-0.15, -0.1) is 0 Å². The van der Waals surface area contributed by atoms with Crippen molar-refractivity contribution >= 4 is 15.9 Å². The van der Waals surface area contributed by atoms with Crippen LogP contribution in [0, 0.1) is 5.82 Å². The molecule has 2 fully saturated rings. The van der Waals surface area contributed by atoms with Gasteiger partial charge in [-0.25, -0.2) is 12.8 Å². The number of nitrogens with zero attached hydrogens (tertiary/aromatic N) is 2. The lowest BCUT2D eigenvalue weighted by Gasteiger charge is -2.42. The number of amides is 1. The van der Waals surface area contributed by atoms with Gasteiger partial charge in [-0.2, -0.15) is 4.31 Å². The summed E-state index contributed by atoms with van der Waals surface area (Å²) in [4.78, 5) is 14.8. The van der Waals surface area contributed by atoms with Crippen LogP contribution >= 0.6 is 0 Å². The number of likely N-dealkylation sites (tertiary alicyclic amines) is 1. The molecule has 0 N–H and O–H groups in total. The third-order valence-electron chi connectivity index (χ3n) is 6.35. The molecule has 2 aliphatic heterocycles. The van der Waals surface area contributed by atoms with Gasteiger partial charge in [-0.1, -0.05) is 32.9 Å². The number of piperidine rings is 1. The maximum atomic E-state index is 13.3. The normalized spacial score (nSPS) is 19.4. The number of halogens is 1. The lowest BCUT2D eigenvalue weighted by molar-refractivity contribution is -0.0857. The van der Waals surface area contributed by atoms with E-state index in [9.17, 15) is 17.6 Å². The van der Waals surface area contributed by atoms with Gasteiger partial charge >= 0.3 is 0 Å². The van der Waals surface area contributed by atoms with Crippen molar-refractivity contribution in [2.45, 2.75) is 49.6 Å². The Kier molecular flexibility index (Phi) is 5.90. The molecule has 6 nitrogen and oxygen atoms in total. The summed E-state index contributed by atoms with van der Waals surface area (Å²) < 4.78 is 47.0. The summed E-state index contributed by atoms with van der Waals surface area (Å²) in [5.74, 6) is -0.551. The van der Waals surface area contributed by atoms with Gasteiger partial charge in [0.15, 0.2) is 0 Å². The molecule has 1 amide bonds. The fraction of sp³-hybridized carbons (Fsp3) is 0.458. The molecule has 0 aromatic heterocycles. The summed E-state index contributed by atoms with van der Waals surface area (Å²) in [6, 6.07) is 12.5. The molecule has 32 heavy (non-hydrogen) atoms. The van der Waals surface area contributed by atoms with Gasteiger partial charge in [0, 0.05) is 38.0 Å². The summed E-state index contributed by atoms with van der Waals surface area (Å²) in [5, 5.41) is 0. The van der Waals surface area contributed by atoms with E-state index in [1.54, 1.807) is 4.90 Å². The first-order valence-corrected chi connectivity index (χ1v) is 12.3. The molecule has 4 rings (SSSR count). The van der Waals surface area contributed by atoms with E-state index in [-0.39, 0.29) is 22.8 Å². The van der Waals surface area contributed by atoms with Crippen molar-refractivity contribution in [1.82, 2.24) is 9.21 Å². The standard InChI is InChI=1S/C24H29FN2O4S/c1-23(2,3)19-6-4-18(5-7-19)22(28)26-14-12-24(13-15-26)27(16-17-31-24)32(29,30)21-10-8-20(25)9-11-21/h4-11H,12-17H2,1-3H3. The van der Waals surface area contributed by atoms with Crippen molar-refractivity contribution < 1.29 is 22.3 Å². The van der Waals surface area contributed by atoms with Crippen LogP contribution in [0.15, 0.2) is 53.4 Å². The second-order valence-electron chi connectivity index (χ2n) is 9.45. The van der Waals surface area contributed by atoms with Crippen LogP contribution in [0.4, 0.5) is 4.39 Å². The zero-order valence-corrected chi connectivity index (χ0v) is 19.5. The fourth-order valence-electron chi connectivity index (χ4n) is 4.42. The van der Waals surface area contributed by atoms with Gasteiger partial charge in [0.1, 0.15) is 11.5 Å². The molecular formula is C24H29FN2O4S. The molecule has 0 bridgehead atoms. The molecule has 2 aromatic rings. The van der Waals surface area contributed by atoms with E-state index in [2.05, 4.69) is 20.8 Å². The maximum Gasteiger partial charge on any atom is 0.253 e. The van der Waals surface area contributed by atoms with E-state index in [1.165, 1.54) is 16.4 Å². The zero-order chi connectivity index (χ0) is 23.1. The second kappa shape index (κ2) is 8.24. The minimum Gasteiger partial charge on any atom is -0.358 e. The van der Waals surface area contributed by atoms with Gasteiger partial charge in [0.25, 0.3) is 5.91 Å². The van der Waals surface area contributed by atoms with Crippen LogP contribution < -0.4 is 0 Å². The van der Waals surface area contributed by atoms with Crippen LogP contribution in [0.2, 0.25) is 0 Å². The van der Waals surface area contributed by atoms with E-state index < -0.39 is 21.6 Å². The van der Waals surface area contributed by atoms with Crippen molar-refractivity contribution in [3.05, 3.63) is 65.5 Å². The van der Waals surface area contributed by atoms with Crippen molar-refractivity contribution in [3.63, 3.8) is 0 Å². The highest BCUT2D eigenvalue weighted by Gasteiger charge is 2.51. The van der Waals surface area contributed by atoms with E-state index in [0.29, 0.717) is 38.1 Å². The Bertz CT molecular complexity index is 1080. The number of carbonyl (C=O) groups is 1. The van der Waals surface area contributed by atoms with Gasteiger partial charge in [0.2, 0.25) is 10.0 Å². The van der Waals surface area contributed by atoms with Crippen molar-refractivity contribution in [3.8, 4) is 0 Å². The molecule has 2 heterocycles. The predicted octanol–water partition coefficient (Wildman–Crippen LogP) is 3.78. The van der Waals surface area contributed by atoms with Crippen LogP contribution in [0.5, 0.6) is 0 Å². The summed E-state index contributed by atoms with van der Waals surface area (Å²) in [5.41, 5.74) is 0.822. The highest BCUT2D eigenvalue weighted by atomic mass is 32.2. The van der Waals surface area contributed by atoms with Crippen LogP contribution in [0.1, 0.15) is 49.5 Å². The highest BCUT2D eigenvalue weighted by Crippen LogP contribution is 2.38. The summed E-state index contributed by atoms with van der Waals surface area (Å²) in [6.45, 7) is 7.71. The molecule has 8 heteroatoms. The van der Waals surface area contributed by atoms with Gasteiger partial charge in [-0.3, -0.25) is 4.79 Å². The Labute approximate surface area is 189 Å². The first-order valence-electron chi connectivity index (χ1n) is 10.9. The molecule has 2 aliphatic rings. The zero-order valence-electron chi connectivity index (χ0n) is 18.7. The largest absolute Gasteiger partial charge is 0.358 e. The molecule has 0 saturated carbocycles. The van der Waals surface area contributed by atoms with E-state index in [1.807, 2.05) is 24.3 Å². The minimum absolute atomic E-state index is 0.0123. The van der Waals surface area contributed by atoms with Gasteiger partial charge in [-0.05, 0) is 47.4 Å². The van der Waals surface area contributed by atoms with Crippen LogP contribution in [0.3, 0.4) is 0 Å². The Morgan fingerprint density at radius 2 is 1.56 bits per heavy atom. The van der Waals surface area contributed by atoms with E-state index in [0.717, 1.165) is 17.7 Å². The highest BCUT2D eigenvalue weighted by molar-refractivity contribution is 7.89. The average Bonchev–Trinajstić information content (AvgIpc) is 3.17. The smallest absolute Gasteiger partial charge is 0.253 e. The van der Waals surface area contributed by atoms with Crippen molar-refractivity contribution in [2.75, 3.05) is 26.2 Å². The Balaban J connectivity index is 1.48. The predicted molar refractivity (Wildman–Crippen MR) is 119 cm³/mol. The maximum absolute atomic E-state index is 13.3. The third-order valence-corrected chi connectivity index (χ3v) is 8.31. The first-order chi connectivity index (χ1) is 15.0. The van der Waals surface area contributed by atoms with E-state index >= 15 is 0 Å². The lowest BCUT2D eigenvalue weighted by atomic mass is 9.86. The van der Waals surface area contributed by atoms with Crippen LogP contribution in [-0.4, -0.2) is 55.5 Å². The SMILES string of the molecule is CC(C)(C)c1ccc(C(=O)N2CCC3(CC2)OCCN3S(=O)(=O)c2ccc(F)cc2)cc1. The summed E-state index contributed by atoms with van der Waals surface area (Å²) in [6.07, 6.45) is 0.776. The second-order valence-corrected chi connectivity index (χ2v) is 11.3. The van der Waals surface area contributed by atoms with Crippen LogP contribution in [0.25, 0.3) is 0 Å². The number of hydrogen-bond acceptors (Lipinski definition) is 4. The molecule has 2 saturated heterocycles. The molecular weight excluding hydrogens is 431 g/mol. The summed E-state index contributed by atoms with van der Waals surface area (Å²) in [7, 11) is -3.83. The van der Waals surface area contributed by atoms with E-state index in [4.69, 9.17) is 4.74 Å². The summed E-state index contributed by atoms with van der Waals surface area (Å²) >= 11 is 0. The van der Waals surface area contributed by atoms with Crippen LogP contribution in [-0.2, 0) is 20.2 Å². The number of ether oxygens (including phenoxy) is 1. The third kappa shape index (κ3) is 4.19. The first kappa shape index (κ1) is 22.9. The molecule has 2 aromatic carbocycles. The lowest BCUT2D eigenvalue weighted by Crippen LogP contribution is -2.55. The Morgan fingerprint density at radius 1 is 0.969 bits per heavy atom.